The summed E-state index contributed by atoms with van der Waals surface area (Å²) < 4.78 is 0. The van der Waals surface area contributed by atoms with Crippen molar-refractivity contribution in [3.8, 4) is 0 Å². The second-order valence-electron chi connectivity index (χ2n) is 4.55. The number of pyridine rings is 1. The molecule has 0 radical (unpaired) electrons. The maximum Gasteiger partial charge on any atom is 0.0575 e. The van der Waals surface area contributed by atoms with Gasteiger partial charge in [0.15, 0.2) is 0 Å². The van der Waals surface area contributed by atoms with Gasteiger partial charge in [-0.1, -0.05) is 31.2 Å². The molecule has 2 rings (SSSR count). The molecule has 2 aromatic rings. The molecule has 1 N–H and O–H groups in total. The quantitative estimate of drug-likeness (QED) is 0.887. The Bertz CT molecular complexity index is 520. The minimum atomic E-state index is 0.234. The fourth-order valence-corrected chi connectivity index (χ4v) is 2.27. The number of aromatic nitrogens is 1. The van der Waals surface area contributed by atoms with E-state index < -0.39 is 0 Å². The predicted molar refractivity (Wildman–Crippen MR) is 75.7 cm³/mol. The third kappa shape index (κ3) is 2.77. The van der Waals surface area contributed by atoms with Gasteiger partial charge in [0.25, 0.3) is 0 Å². The van der Waals surface area contributed by atoms with Crippen molar-refractivity contribution < 1.29 is 0 Å². The maximum absolute atomic E-state index is 4.26. The summed E-state index contributed by atoms with van der Waals surface area (Å²) >= 11 is 0. The molecule has 0 aliphatic rings. The van der Waals surface area contributed by atoms with E-state index >= 15 is 0 Å². The van der Waals surface area contributed by atoms with Crippen LogP contribution in [0.5, 0.6) is 0 Å². The molecule has 1 aromatic heterocycles. The summed E-state index contributed by atoms with van der Waals surface area (Å²) in [4.78, 5) is 4.26. The average Bonchev–Trinajstić information content (AvgIpc) is 2.40. The van der Waals surface area contributed by atoms with Crippen LogP contribution in [0.15, 0.2) is 42.6 Å². The molecule has 1 unspecified atom stereocenters. The molecule has 0 bridgehead atoms. The standard InChI is InChI=1S/C16H20N2/c1-4-13-6-5-7-14(11-13)16(17-3)15-8-9-18-12(2)10-15/h5-11,16-17H,4H2,1-3H3. The second kappa shape index (κ2) is 5.78. The van der Waals surface area contributed by atoms with Gasteiger partial charge in [0, 0.05) is 11.9 Å². The van der Waals surface area contributed by atoms with Gasteiger partial charge in [-0.3, -0.25) is 4.98 Å². The number of aryl methyl sites for hydroxylation is 2. The summed E-state index contributed by atoms with van der Waals surface area (Å²) in [7, 11) is 2.00. The van der Waals surface area contributed by atoms with E-state index in [1.807, 2.05) is 20.2 Å². The smallest absolute Gasteiger partial charge is 0.0575 e. The number of nitrogens with zero attached hydrogens (tertiary/aromatic N) is 1. The zero-order valence-electron chi connectivity index (χ0n) is 11.3. The third-order valence-electron chi connectivity index (χ3n) is 3.24. The van der Waals surface area contributed by atoms with Gasteiger partial charge >= 0.3 is 0 Å². The minimum absolute atomic E-state index is 0.234. The Kier molecular flexibility index (Phi) is 4.11. The van der Waals surface area contributed by atoms with Crippen LogP contribution in [0.2, 0.25) is 0 Å². The Hall–Kier alpha value is -1.67. The topological polar surface area (TPSA) is 24.9 Å². The fraction of sp³-hybridized carbons (Fsp3) is 0.312. The lowest BCUT2D eigenvalue weighted by atomic mass is 9.97. The van der Waals surface area contributed by atoms with E-state index in [0.29, 0.717) is 0 Å². The molecular formula is C16H20N2. The van der Waals surface area contributed by atoms with Crippen LogP contribution in [-0.4, -0.2) is 12.0 Å². The van der Waals surface area contributed by atoms with Crippen LogP contribution in [0.3, 0.4) is 0 Å². The predicted octanol–water partition coefficient (Wildman–Crippen LogP) is 3.26. The summed E-state index contributed by atoms with van der Waals surface area (Å²) in [6.45, 7) is 4.21. The summed E-state index contributed by atoms with van der Waals surface area (Å²) in [6.07, 6.45) is 2.94. The van der Waals surface area contributed by atoms with Crippen LogP contribution in [0, 0.1) is 6.92 Å². The van der Waals surface area contributed by atoms with E-state index in [4.69, 9.17) is 0 Å². The Morgan fingerprint density at radius 3 is 2.61 bits per heavy atom. The number of hydrogen-bond donors (Lipinski definition) is 1. The Balaban J connectivity index is 2.38. The van der Waals surface area contributed by atoms with Crippen molar-refractivity contribution in [2.24, 2.45) is 0 Å². The normalized spacial score (nSPS) is 12.4. The van der Waals surface area contributed by atoms with E-state index in [2.05, 4.69) is 53.6 Å². The first-order valence-electron chi connectivity index (χ1n) is 6.43. The van der Waals surface area contributed by atoms with E-state index in [0.717, 1.165) is 12.1 Å². The number of hydrogen-bond acceptors (Lipinski definition) is 2. The van der Waals surface area contributed by atoms with Gasteiger partial charge in [0.2, 0.25) is 0 Å². The zero-order chi connectivity index (χ0) is 13.0. The molecule has 94 valence electrons. The minimum Gasteiger partial charge on any atom is -0.309 e. The molecule has 0 spiro atoms. The SMILES string of the molecule is CCc1cccc(C(NC)c2ccnc(C)c2)c1. The summed E-state index contributed by atoms with van der Waals surface area (Å²) in [5, 5.41) is 3.39. The lowest BCUT2D eigenvalue weighted by Crippen LogP contribution is -2.18. The largest absolute Gasteiger partial charge is 0.309 e. The summed E-state index contributed by atoms with van der Waals surface area (Å²) in [6, 6.07) is 13.2. The van der Waals surface area contributed by atoms with Crippen LogP contribution in [0.4, 0.5) is 0 Å². The van der Waals surface area contributed by atoms with Crippen molar-refractivity contribution in [1.29, 1.82) is 0 Å². The Morgan fingerprint density at radius 1 is 1.17 bits per heavy atom. The molecule has 18 heavy (non-hydrogen) atoms. The first-order chi connectivity index (χ1) is 8.74. The third-order valence-corrected chi connectivity index (χ3v) is 3.24. The van der Waals surface area contributed by atoms with E-state index in [9.17, 15) is 0 Å². The first-order valence-corrected chi connectivity index (χ1v) is 6.43. The first kappa shape index (κ1) is 12.8. The highest BCUT2D eigenvalue weighted by atomic mass is 14.9. The number of nitrogens with one attached hydrogen (secondary N) is 1. The summed E-state index contributed by atoms with van der Waals surface area (Å²) in [5.74, 6) is 0. The van der Waals surface area contributed by atoms with E-state index in [1.165, 1.54) is 16.7 Å². The molecule has 2 heteroatoms. The molecule has 0 aliphatic carbocycles. The van der Waals surface area contributed by atoms with Crippen LogP contribution in [0.25, 0.3) is 0 Å². The Labute approximate surface area is 109 Å². The molecule has 0 aliphatic heterocycles. The van der Waals surface area contributed by atoms with Crippen molar-refractivity contribution >= 4 is 0 Å². The number of rotatable bonds is 4. The van der Waals surface area contributed by atoms with E-state index in [-0.39, 0.29) is 6.04 Å². The lowest BCUT2D eigenvalue weighted by molar-refractivity contribution is 0.688. The van der Waals surface area contributed by atoms with Crippen molar-refractivity contribution in [2.45, 2.75) is 26.3 Å². The zero-order valence-corrected chi connectivity index (χ0v) is 11.3. The van der Waals surface area contributed by atoms with Gasteiger partial charge in [0.05, 0.1) is 6.04 Å². The van der Waals surface area contributed by atoms with Crippen molar-refractivity contribution in [3.63, 3.8) is 0 Å². The molecular weight excluding hydrogens is 220 g/mol. The highest BCUT2D eigenvalue weighted by Crippen LogP contribution is 2.22. The molecule has 1 heterocycles. The van der Waals surface area contributed by atoms with Gasteiger partial charge in [-0.25, -0.2) is 0 Å². The van der Waals surface area contributed by atoms with E-state index in [1.54, 1.807) is 0 Å². The molecule has 1 atom stereocenters. The highest BCUT2D eigenvalue weighted by molar-refractivity contribution is 5.34. The average molecular weight is 240 g/mol. The fourth-order valence-electron chi connectivity index (χ4n) is 2.27. The van der Waals surface area contributed by atoms with Gasteiger partial charge in [-0.05, 0) is 49.2 Å². The van der Waals surface area contributed by atoms with Crippen LogP contribution >= 0.6 is 0 Å². The van der Waals surface area contributed by atoms with Crippen LogP contribution in [0.1, 0.15) is 35.3 Å². The Morgan fingerprint density at radius 2 is 1.94 bits per heavy atom. The summed E-state index contributed by atoms with van der Waals surface area (Å²) in [5.41, 5.74) is 5.00. The van der Waals surface area contributed by atoms with Gasteiger partial charge < -0.3 is 5.32 Å². The monoisotopic (exact) mass is 240 g/mol. The molecule has 2 nitrogen and oxygen atoms in total. The second-order valence-corrected chi connectivity index (χ2v) is 4.55. The molecule has 0 saturated carbocycles. The van der Waals surface area contributed by atoms with Gasteiger partial charge in [-0.15, -0.1) is 0 Å². The van der Waals surface area contributed by atoms with Gasteiger partial charge in [-0.2, -0.15) is 0 Å². The molecule has 0 amide bonds. The molecule has 0 fully saturated rings. The van der Waals surface area contributed by atoms with Crippen LogP contribution < -0.4 is 5.32 Å². The van der Waals surface area contributed by atoms with Crippen molar-refractivity contribution in [2.75, 3.05) is 7.05 Å². The van der Waals surface area contributed by atoms with Crippen LogP contribution in [-0.2, 0) is 6.42 Å². The molecule has 0 saturated heterocycles. The van der Waals surface area contributed by atoms with Crippen molar-refractivity contribution in [3.05, 3.63) is 65.0 Å². The van der Waals surface area contributed by atoms with Crippen molar-refractivity contribution in [1.82, 2.24) is 10.3 Å². The lowest BCUT2D eigenvalue weighted by Gasteiger charge is -2.18. The maximum atomic E-state index is 4.26. The highest BCUT2D eigenvalue weighted by Gasteiger charge is 2.12. The van der Waals surface area contributed by atoms with Gasteiger partial charge in [0.1, 0.15) is 0 Å². The number of benzene rings is 1. The molecule has 1 aromatic carbocycles.